The number of aromatic amines is 1. The average molecular weight is 368 g/mol. The predicted octanol–water partition coefficient (Wildman–Crippen LogP) is 5.00. The Morgan fingerprint density at radius 3 is 2.81 bits per heavy atom. The molecule has 0 atom stereocenters. The first-order valence-electron chi connectivity index (χ1n) is 8.14. The zero-order valence-corrected chi connectivity index (χ0v) is 15.5. The van der Waals surface area contributed by atoms with Crippen molar-refractivity contribution < 1.29 is 9.47 Å². The second-order valence-corrected chi connectivity index (χ2v) is 6.14. The molecule has 0 aliphatic rings. The van der Waals surface area contributed by atoms with Crippen molar-refractivity contribution in [1.29, 1.82) is 5.26 Å². The lowest BCUT2D eigenvalue weighted by Crippen LogP contribution is -1.96. The Morgan fingerprint density at radius 1 is 1.31 bits per heavy atom. The number of methoxy groups -OCH3 is 1. The van der Waals surface area contributed by atoms with Crippen molar-refractivity contribution in [3.05, 3.63) is 52.3 Å². The number of nitrogens with one attached hydrogen (secondary N) is 1. The molecule has 0 saturated carbocycles. The molecule has 1 aromatic heterocycles. The summed E-state index contributed by atoms with van der Waals surface area (Å²) in [6, 6.07) is 11.5. The third-order valence-corrected chi connectivity index (χ3v) is 4.22. The van der Waals surface area contributed by atoms with E-state index in [4.69, 9.17) is 21.1 Å². The number of ether oxygens (including phenoxy) is 2. The van der Waals surface area contributed by atoms with E-state index < -0.39 is 0 Å². The molecule has 0 aliphatic carbocycles. The van der Waals surface area contributed by atoms with Crippen LogP contribution in [0.3, 0.4) is 0 Å². The topological polar surface area (TPSA) is 70.9 Å². The van der Waals surface area contributed by atoms with Crippen molar-refractivity contribution in [3.8, 4) is 17.6 Å². The van der Waals surface area contributed by atoms with Gasteiger partial charge in [-0.2, -0.15) is 5.26 Å². The lowest BCUT2D eigenvalue weighted by molar-refractivity contribution is 0.311. The number of aromatic nitrogens is 2. The Balaban J connectivity index is 2.08. The Bertz CT molecular complexity index is 1030. The minimum absolute atomic E-state index is 0.383. The molecule has 26 heavy (non-hydrogen) atoms. The molecule has 0 aliphatic heterocycles. The Hall–Kier alpha value is -2.97. The minimum Gasteiger partial charge on any atom is -0.493 e. The number of hydrogen-bond donors (Lipinski definition) is 1. The van der Waals surface area contributed by atoms with Crippen LogP contribution in [-0.4, -0.2) is 23.7 Å². The molecule has 0 saturated heterocycles. The first-order chi connectivity index (χ1) is 12.5. The number of nitriles is 1. The summed E-state index contributed by atoms with van der Waals surface area (Å²) in [6.07, 6.45) is 1.69. The van der Waals surface area contributed by atoms with E-state index in [0.717, 1.165) is 16.6 Å². The maximum Gasteiger partial charge on any atom is 0.162 e. The number of H-pyrrole nitrogens is 1. The fourth-order valence-electron chi connectivity index (χ4n) is 2.65. The second kappa shape index (κ2) is 7.51. The lowest BCUT2D eigenvalue weighted by Gasteiger charge is -2.11. The maximum atomic E-state index is 9.61. The van der Waals surface area contributed by atoms with Crippen molar-refractivity contribution in [2.75, 3.05) is 13.7 Å². The SMILES string of the molecule is CCOc1cc(/C=C(/C#N)c2nc3ccc(C)cc3[nH]2)c(Cl)cc1OC. The number of fused-ring (bicyclic) bond motifs is 1. The molecule has 2 aromatic carbocycles. The zero-order chi connectivity index (χ0) is 18.7. The molecular formula is C20H18ClN3O2. The molecule has 3 aromatic rings. The first-order valence-corrected chi connectivity index (χ1v) is 8.52. The fourth-order valence-corrected chi connectivity index (χ4v) is 2.86. The summed E-state index contributed by atoms with van der Waals surface area (Å²) in [5.74, 6) is 1.62. The fraction of sp³-hybridized carbons (Fsp3) is 0.200. The van der Waals surface area contributed by atoms with Gasteiger partial charge < -0.3 is 14.5 Å². The molecule has 0 unspecified atom stereocenters. The van der Waals surface area contributed by atoms with E-state index in [1.807, 2.05) is 32.0 Å². The van der Waals surface area contributed by atoms with Gasteiger partial charge in [-0.3, -0.25) is 0 Å². The number of aryl methyl sites for hydroxylation is 1. The van der Waals surface area contributed by atoms with Crippen molar-refractivity contribution >= 4 is 34.3 Å². The smallest absolute Gasteiger partial charge is 0.162 e. The van der Waals surface area contributed by atoms with Crippen LogP contribution in [0.5, 0.6) is 11.5 Å². The standard InChI is InChI=1S/C20H18ClN3O2/c1-4-26-19-9-13(15(21)10-18(19)25-3)8-14(11-22)20-23-16-6-5-12(2)7-17(16)24-20/h5-10H,4H2,1-3H3,(H,23,24)/b14-8-. The normalized spacial score (nSPS) is 11.4. The van der Waals surface area contributed by atoms with Crippen molar-refractivity contribution in [2.24, 2.45) is 0 Å². The van der Waals surface area contributed by atoms with E-state index in [1.54, 1.807) is 25.3 Å². The van der Waals surface area contributed by atoms with Gasteiger partial charge in [0, 0.05) is 6.07 Å². The van der Waals surface area contributed by atoms with Gasteiger partial charge in [-0.1, -0.05) is 17.7 Å². The summed E-state index contributed by atoms with van der Waals surface area (Å²) in [6.45, 7) is 4.39. The van der Waals surface area contributed by atoms with E-state index >= 15 is 0 Å². The number of rotatable bonds is 5. The van der Waals surface area contributed by atoms with Gasteiger partial charge in [-0.25, -0.2) is 4.98 Å². The van der Waals surface area contributed by atoms with Gasteiger partial charge in [0.05, 0.1) is 35.3 Å². The van der Waals surface area contributed by atoms with Gasteiger partial charge in [0.25, 0.3) is 0 Å². The zero-order valence-electron chi connectivity index (χ0n) is 14.8. The van der Waals surface area contributed by atoms with Crippen LogP contribution in [-0.2, 0) is 0 Å². The number of imidazole rings is 1. The van der Waals surface area contributed by atoms with Crippen molar-refractivity contribution in [2.45, 2.75) is 13.8 Å². The predicted molar refractivity (Wildman–Crippen MR) is 103 cm³/mol. The first kappa shape index (κ1) is 17.8. The summed E-state index contributed by atoms with van der Waals surface area (Å²) >= 11 is 6.35. The molecule has 0 fully saturated rings. The molecule has 0 bridgehead atoms. The van der Waals surface area contributed by atoms with Crippen molar-refractivity contribution in [3.63, 3.8) is 0 Å². The molecule has 1 heterocycles. The number of allylic oxidation sites excluding steroid dienone is 1. The van der Waals surface area contributed by atoms with Crippen LogP contribution in [0.15, 0.2) is 30.3 Å². The molecule has 1 N–H and O–H groups in total. The number of halogens is 1. The van der Waals surface area contributed by atoms with E-state index in [-0.39, 0.29) is 0 Å². The second-order valence-electron chi connectivity index (χ2n) is 5.73. The van der Waals surface area contributed by atoms with Crippen LogP contribution in [0, 0.1) is 18.3 Å². The van der Waals surface area contributed by atoms with Crippen LogP contribution in [0.25, 0.3) is 22.7 Å². The Kier molecular flexibility index (Phi) is 5.15. The summed E-state index contributed by atoms with van der Waals surface area (Å²) in [5, 5.41) is 10.1. The molecule has 0 spiro atoms. The maximum absolute atomic E-state index is 9.61. The van der Waals surface area contributed by atoms with Crippen LogP contribution in [0.1, 0.15) is 23.9 Å². The van der Waals surface area contributed by atoms with Gasteiger partial charge in [-0.05, 0) is 49.2 Å². The molecular weight excluding hydrogens is 350 g/mol. The van der Waals surface area contributed by atoms with Crippen LogP contribution < -0.4 is 9.47 Å². The molecule has 5 nitrogen and oxygen atoms in total. The minimum atomic E-state index is 0.383. The van der Waals surface area contributed by atoms with Gasteiger partial charge in [-0.15, -0.1) is 0 Å². The van der Waals surface area contributed by atoms with E-state index in [9.17, 15) is 5.26 Å². The number of hydrogen-bond acceptors (Lipinski definition) is 4. The van der Waals surface area contributed by atoms with E-state index in [2.05, 4.69) is 16.0 Å². The van der Waals surface area contributed by atoms with Gasteiger partial charge in [0.15, 0.2) is 11.5 Å². The van der Waals surface area contributed by atoms with Gasteiger partial charge >= 0.3 is 0 Å². The summed E-state index contributed by atoms with van der Waals surface area (Å²) in [5.41, 5.74) is 3.85. The van der Waals surface area contributed by atoms with Gasteiger partial charge in [0.2, 0.25) is 0 Å². The largest absolute Gasteiger partial charge is 0.493 e. The summed E-state index contributed by atoms with van der Waals surface area (Å²) < 4.78 is 10.9. The Labute approximate surface area is 156 Å². The highest BCUT2D eigenvalue weighted by Crippen LogP contribution is 2.35. The van der Waals surface area contributed by atoms with Crippen molar-refractivity contribution in [1.82, 2.24) is 9.97 Å². The lowest BCUT2D eigenvalue weighted by atomic mass is 10.1. The highest BCUT2D eigenvalue weighted by Gasteiger charge is 2.13. The van der Waals surface area contributed by atoms with E-state index in [0.29, 0.717) is 40.1 Å². The molecule has 0 amide bonds. The third-order valence-electron chi connectivity index (χ3n) is 3.90. The average Bonchev–Trinajstić information content (AvgIpc) is 3.04. The highest BCUT2D eigenvalue weighted by atomic mass is 35.5. The molecule has 3 rings (SSSR count). The number of benzene rings is 2. The Morgan fingerprint density at radius 2 is 2.12 bits per heavy atom. The summed E-state index contributed by atoms with van der Waals surface area (Å²) in [7, 11) is 1.56. The van der Waals surface area contributed by atoms with Gasteiger partial charge in [0.1, 0.15) is 11.9 Å². The molecule has 0 radical (unpaired) electrons. The molecule has 6 heteroatoms. The van der Waals surface area contributed by atoms with Crippen LogP contribution >= 0.6 is 11.6 Å². The quantitative estimate of drug-likeness (QED) is 0.644. The highest BCUT2D eigenvalue weighted by molar-refractivity contribution is 6.32. The summed E-state index contributed by atoms with van der Waals surface area (Å²) in [4.78, 5) is 7.69. The monoisotopic (exact) mass is 367 g/mol. The number of nitrogens with zero attached hydrogens (tertiary/aromatic N) is 2. The third kappa shape index (κ3) is 3.51. The van der Waals surface area contributed by atoms with E-state index in [1.165, 1.54) is 0 Å². The van der Waals surface area contributed by atoms with Crippen LogP contribution in [0.4, 0.5) is 0 Å². The van der Waals surface area contributed by atoms with Crippen LogP contribution in [0.2, 0.25) is 5.02 Å². The molecule has 132 valence electrons.